The maximum Gasteiger partial charge on any atom is 0.119 e. The van der Waals surface area contributed by atoms with Gasteiger partial charge in [0, 0.05) is 0 Å². The molecule has 2 rings (SSSR count). The molecule has 0 atom stereocenters. The van der Waals surface area contributed by atoms with Gasteiger partial charge in [0.2, 0.25) is 0 Å². The molecule has 0 aromatic heterocycles. The summed E-state index contributed by atoms with van der Waals surface area (Å²) in [4.78, 5) is 0. The van der Waals surface area contributed by atoms with E-state index in [-0.39, 0.29) is 5.54 Å². The second kappa shape index (κ2) is 4.18. The molecule has 4 heteroatoms. The van der Waals surface area contributed by atoms with E-state index in [9.17, 15) is 0 Å². The van der Waals surface area contributed by atoms with Crippen molar-refractivity contribution in [3.05, 3.63) is 29.8 Å². The molecule has 0 saturated carbocycles. The Kier molecular flexibility index (Phi) is 2.90. The monoisotopic (exact) mass is 208 g/mol. The van der Waals surface area contributed by atoms with E-state index in [0.29, 0.717) is 19.8 Å². The highest BCUT2D eigenvalue weighted by atomic mass is 16.5. The minimum absolute atomic E-state index is 0.229. The van der Waals surface area contributed by atoms with Gasteiger partial charge in [-0.15, -0.1) is 0 Å². The molecule has 0 bridgehead atoms. The number of nitrogens with two attached hydrogens (primary N) is 1. The highest BCUT2D eigenvalue weighted by Crippen LogP contribution is 2.30. The first-order chi connectivity index (χ1) is 7.30. The first kappa shape index (κ1) is 10.4. The highest BCUT2D eigenvalue weighted by Gasteiger charge is 2.39. The summed E-state index contributed by atoms with van der Waals surface area (Å²) < 4.78 is 10.6. The Bertz CT molecular complexity index is 332. The molecule has 1 aliphatic heterocycles. The fourth-order valence-electron chi connectivity index (χ4n) is 1.69. The molecule has 1 heterocycles. The zero-order valence-electron chi connectivity index (χ0n) is 8.82. The molecule has 0 radical (unpaired) electrons. The molecule has 82 valence electrons. The van der Waals surface area contributed by atoms with Gasteiger partial charge in [-0.3, -0.25) is 5.84 Å². The summed E-state index contributed by atoms with van der Waals surface area (Å²) in [5.41, 5.74) is 3.70. The van der Waals surface area contributed by atoms with E-state index in [1.807, 2.05) is 31.2 Å². The van der Waals surface area contributed by atoms with Crippen LogP contribution in [0.4, 0.5) is 0 Å². The van der Waals surface area contributed by atoms with Crippen molar-refractivity contribution in [1.82, 2.24) is 5.43 Å². The van der Waals surface area contributed by atoms with Crippen LogP contribution in [0.3, 0.4) is 0 Å². The molecule has 4 nitrogen and oxygen atoms in total. The van der Waals surface area contributed by atoms with E-state index < -0.39 is 0 Å². The van der Waals surface area contributed by atoms with Crippen LogP contribution in [0.15, 0.2) is 24.3 Å². The molecular weight excluding hydrogens is 192 g/mol. The third-order valence-electron chi connectivity index (χ3n) is 2.67. The number of ether oxygens (including phenoxy) is 2. The van der Waals surface area contributed by atoms with Crippen molar-refractivity contribution >= 4 is 0 Å². The molecule has 0 aliphatic carbocycles. The highest BCUT2D eigenvalue weighted by molar-refractivity contribution is 5.34. The van der Waals surface area contributed by atoms with Crippen LogP contribution in [0.2, 0.25) is 0 Å². The van der Waals surface area contributed by atoms with E-state index in [4.69, 9.17) is 15.3 Å². The third kappa shape index (κ3) is 1.84. The number of hydrogen-bond donors (Lipinski definition) is 2. The number of rotatable bonds is 4. The van der Waals surface area contributed by atoms with Crippen LogP contribution in [0.25, 0.3) is 0 Å². The first-order valence-corrected chi connectivity index (χ1v) is 5.09. The van der Waals surface area contributed by atoms with Crippen LogP contribution in [0.1, 0.15) is 12.5 Å². The Morgan fingerprint density at radius 1 is 1.53 bits per heavy atom. The zero-order valence-corrected chi connectivity index (χ0v) is 8.82. The Morgan fingerprint density at radius 2 is 2.33 bits per heavy atom. The van der Waals surface area contributed by atoms with Gasteiger partial charge in [0.15, 0.2) is 0 Å². The van der Waals surface area contributed by atoms with E-state index >= 15 is 0 Å². The van der Waals surface area contributed by atoms with Gasteiger partial charge in [-0.25, -0.2) is 5.43 Å². The van der Waals surface area contributed by atoms with Gasteiger partial charge in [0.25, 0.3) is 0 Å². The van der Waals surface area contributed by atoms with Gasteiger partial charge in [0.05, 0.1) is 19.8 Å². The quantitative estimate of drug-likeness (QED) is 0.567. The molecule has 3 N–H and O–H groups in total. The maximum absolute atomic E-state index is 5.55. The van der Waals surface area contributed by atoms with Crippen molar-refractivity contribution in [1.29, 1.82) is 0 Å². The predicted octanol–water partition coefficient (Wildman–Crippen LogP) is 0.774. The summed E-state index contributed by atoms with van der Waals surface area (Å²) in [6.07, 6.45) is 0. The lowest BCUT2D eigenvalue weighted by atomic mass is 9.89. The predicted molar refractivity (Wildman–Crippen MR) is 57.4 cm³/mol. The summed E-state index contributed by atoms with van der Waals surface area (Å²) >= 11 is 0. The summed E-state index contributed by atoms with van der Waals surface area (Å²) in [7, 11) is 0. The lowest BCUT2D eigenvalue weighted by molar-refractivity contribution is -0.0787. The lowest BCUT2D eigenvalue weighted by Crippen LogP contribution is -2.60. The maximum atomic E-state index is 5.55. The zero-order chi connectivity index (χ0) is 10.7. The molecule has 1 aromatic carbocycles. The van der Waals surface area contributed by atoms with Gasteiger partial charge in [-0.05, 0) is 24.6 Å². The third-order valence-corrected chi connectivity index (χ3v) is 2.67. The van der Waals surface area contributed by atoms with Crippen molar-refractivity contribution in [3.63, 3.8) is 0 Å². The minimum atomic E-state index is -0.229. The van der Waals surface area contributed by atoms with Crippen molar-refractivity contribution in [2.24, 2.45) is 5.84 Å². The molecule has 0 amide bonds. The SMILES string of the molecule is CCOc1cccc(C2(NN)COC2)c1. The molecule has 1 aliphatic rings. The van der Waals surface area contributed by atoms with Gasteiger partial charge in [-0.2, -0.15) is 0 Å². The van der Waals surface area contributed by atoms with Crippen molar-refractivity contribution in [2.45, 2.75) is 12.5 Å². The van der Waals surface area contributed by atoms with Crippen LogP contribution >= 0.6 is 0 Å². The standard InChI is InChI=1S/C11H16N2O2/c1-2-15-10-5-3-4-9(6-10)11(13-12)7-14-8-11/h3-6,13H,2,7-8,12H2,1H3. The second-order valence-corrected chi connectivity index (χ2v) is 3.68. The topological polar surface area (TPSA) is 56.5 Å². The van der Waals surface area contributed by atoms with E-state index in [0.717, 1.165) is 11.3 Å². The molecule has 1 fully saturated rings. The number of hydrazine groups is 1. The molecule has 1 saturated heterocycles. The van der Waals surface area contributed by atoms with Gasteiger partial charge < -0.3 is 9.47 Å². The summed E-state index contributed by atoms with van der Waals surface area (Å²) in [6.45, 7) is 3.86. The van der Waals surface area contributed by atoms with Crippen LogP contribution in [-0.2, 0) is 10.3 Å². The van der Waals surface area contributed by atoms with Crippen LogP contribution in [-0.4, -0.2) is 19.8 Å². The van der Waals surface area contributed by atoms with Crippen molar-refractivity contribution < 1.29 is 9.47 Å². The summed E-state index contributed by atoms with van der Waals surface area (Å²) in [5.74, 6) is 6.43. The van der Waals surface area contributed by atoms with Crippen molar-refractivity contribution in [3.8, 4) is 5.75 Å². The van der Waals surface area contributed by atoms with Crippen LogP contribution < -0.4 is 16.0 Å². The normalized spacial score (nSPS) is 18.3. The number of hydrogen-bond acceptors (Lipinski definition) is 4. The molecule has 1 aromatic rings. The average Bonchev–Trinajstić information content (AvgIpc) is 2.18. The smallest absolute Gasteiger partial charge is 0.119 e. The van der Waals surface area contributed by atoms with Crippen LogP contribution in [0.5, 0.6) is 5.75 Å². The Hall–Kier alpha value is -1.10. The van der Waals surface area contributed by atoms with E-state index in [1.165, 1.54) is 0 Å². The Balaban J connectivity index is 2.23. The summed E-state index contributed by atoms with van der Waals surface area (Å²) in [5, 5.41) is 0. The lowest BCUT2D eigenvalue weighted by Gasteiger charge is -2.41. The van der Waals surface area contributed by atoms with Crippen molar-refractivity contribution in [2.75, 3.05) is 19.8 Å². The van der Waals surface area contributed by atoms with Gasteiger partial charge in [0.1, 0.15) is 11.3 Å². The van der Waals surface area contributed by atoms with E-state index in [1.54, 1.807) is 0 Å². The van der Waals surface area contributed by atoms with E-state index in [2.05, 4.69) is 5.43 Å². The van der Waals surface area contributed by atoms with Gasteiger partial charge >= 0.3 is 0 Å². The largest absolute Gasteiger partial charge is 0.494 e. The Labute approximate surface area is 89.3 Å². The molecule has 0 spiro atoms. The minimum Gasteiger partial charge on any atom is -0.494 e. The van der Waals surface area contributed by atoms with Crippen LogP contribution in [0, 0.1) is 0 Å². The fraction of sp³-hybridized carbons (Fsp3) is 0.455. The van der Waals surface area contributed by atoms with Gasteiger partial charge in [-0.1, -0.05) is 12.1 Å². The molecular formula is C11H16N2O2. The fourth-order valence-corrected chi connectivity index (χ4v) is 1.69. The molecule has 0 unspecified atom stereocenters. The average molecular weight is 208 g/mol. The first-order valence-electron chi connectivity index (χ1n) is 5.09. The number of nitrogens with one attached hydrogen (secondary N) is 1. The Morgan fingerprint density at radius 3 is 2.87 bits per heavy atom. The second-order valence-electron chi connectivity index (χ2n) is 3.68. The molecule has 15 heavy (non-hydrogen) atoms. The number of benzene rings is 1. The summed E-state index contributed by atoms with van der Waals surface area (Å²) in [6, 6.07) is 7.95.